The maximum Gasteiger partial charge on any atom is 0.278 e. The van der Waals surface area contributed by atoms with Crippen molar-refractivity contribution < 1.29 is 9.59 Å². The van der Waals surface area contributed by atoms with Crippen LogP contribution in [0.4, 0.5) is 11.4 Å². The average Bonchev–Trinajstić information content (AvgIpc) is 2.99. The van der Waals surface area contributed by atoms with E-state index in [0.717, 1.165) is 24.7 Å². The number of imide groups is 1. The number of rotatable bonds is 6. The molecule has 4 rings (SSSR count). The Labute approximate surface area is 195 Å². The molecular formula is C26H30ClN3O2. The number of halogens is 1. The van der Waals surface area contributed by atoms with E-state index in [4.69, 9.17) is 11.6 Å². The van der Waals surface area contributed by atoms with Crippen molar-refractivity contribution in [2.75, 3.05) is 29.9 Å². The van der Waals surface area contributed by atoms with Crippen molar-refractivity contribution in [3.8, 4) is 0 Å². The summed E-state index contributed by atoms with van der Waals surface area (Å²) in [4.78, 5) is 30.1. The zero-order valence-corrected chi connectivity index (χ0v) is 19.7. The fraction of sp³-hybridized carbons (Fsp3) is 0.385. The molecule has 0 bridgehead atoms. The van der Waals surface area contributed by atoms with E-state index in [1.54, 1.807) is 24.3 Å². The van der Waals surface area contributed by atoms with Crippen LogP contribution in [0, 0.1) is 11.8 Å². The topological polar surface area (TPSA) is 52.7 Å². The minimum atomic E-state index is -0.289. The molecule has 0 atom stereocenters. The van der Waals surface area contributed by atoms with Gasteiger partial charge in [0, 0.05) is 36.0 Å². The minimum Gasteiger partial charge on any atom is -0.372 e. The maximum absolute atomic E-state index is 13.2. The number of carbonyl (C=O) groups is 2. The standard InChI is InChI=1S/C26H30ClN3O2/c1-17(2)16-30-25(31)23(19-4-6-20(27)7-5-19)24(26(30)32)28-21-8-10-22(11-9-21)29-14-12-18(3)13-15-29/h4-11,17-18,28H,12-16H2,1-3H3. The van der Waals surface area contributed by atoms with Crippen LogP contribution in [-0.4, -0.2) is 36.3 Å². The lowest BCUT2D eigenvalue weighted by Crippen LogP contribution is -2.35. The van der Waals surface area contributed by atoms with Crippen LogP contribution in [0.1, 0.15) is 39.2 Å². The largest absolute Gasteiger partial charge is 0.372 e. The molecule has 0 unspecified atom stereocenters. The van der Waals surface area contributed by atoms with Gasteiger partial charge in [0.1, 0.15) is 5.70 Å². The molecule has 0 spiro atoms. The van der Waals surface area contributed by atoms with Crippen LogP contribution in [-0.2, 0) is 9.59 Å². The number of hydrogen-bond acceptors (Lipinski definition) is 4. The molecule has 2 heterocycles. The summed E-state index contributed by atoms with van der Waals surface area (Å²) in [7, 11) is 0. The molecule has 1 fully saturated rings. The van der Waals surface area contributed by atoms with Crippen LogP contribution < -0.4 is 10.2 Å². The van der Waals surface area contributed by atoms with Crippen LogP contribution in [0.25, 0.3) is 5.57 Å². The van der Waals surface area contributed by atoms with Gasteiger partial charge in [-0.1, -0.05) is 44.5 Å². The van der Waals surface area contributed by atoms with Gasteiger partial charge in [-0.25, -0.2) is 0 Å². The van der Waals surface area contributed by atoms with E-state index >= 15 is 0 Å². The Balaban J connectivity index is 1.61. The quantitative estimate of drug-likeness (QED) is 0.595. The van der Waals surface area contributed by atoms with E-state index < -0.39 is 0 Å². The molecule has 32 heavy (non-hydrogen) atoms. The molecule has 6 heteroatoms. The number of carbonyl (C=O) groups excluding carboxylic acids is 2. The predicted molar refractivity (Wildman–Crippen MR) is 131 cm³/mol. The predicted octanol–water partition coefficient (Wildman–Crippen LogP) is 5.42. The summed E-state index contributed by atoms with van der Waals surface area (Å²) in [6.07, 6.45) is 2.42. The van der Waals surface area contributed by atoms with Crippen LogP contribution >= 0.6 is 11.6 Å². The Morgan fingerprint density at radius 1 is 0.969 bits per heavy atom. The molecule has 168 valence electrons. The van der Waals surface area contributed by atoms with Crippen molar-refractivity contribution in [1.29, 1.82) is 0 Å². The number of nitrogens with zero attached hydrogens (tertiary/aromatic N) is 2. The fourth-order valence-corrected chi connectivity index (χ4v) is 4.40. The molecule has 2 aliphatic rings. The van der Waals surface area contributed by atoms with Crippen molar-refractivity contribution in [2.24, 2.45) is 11.8 Å². The van der Waals surface area contributed by atoms with Crippen LogP contribution in [0.15, 0.2) is 54.2 Å². The molecule has 2 aromatic rings. The number of benzene rings is 2. The van der Waals surface area contributed by atoms with E-state index in [1.807, 2.05) is 26.0 Å². The normalized spacial score (nSPS) is 17.7. The van der Waals surface area contributed by atoms with Gasteiger partial charge in [-0.05, 0) is 66.6 Å². The van der Waals surface area contributed by atoms with E-state index in [1.165, 1.54) is 23.4 Å². The summed E-state index contributed by atoms with van der Waals surface area (Å²) in [5, 5.41) is 3.83. The maximum atomic E-state index is 13.2. The number of hydrogen-bond donors (Lipinski definition) is 1. The summed E-state index contributed by atoms with van der Waals surface area (Å²) in [5.41, 5.74) is 3.36. The summed E-state index contributed by atoms with van der Waals surface area (Å²) in [6, 6.07) is 15.1. The third-order valence-electron chi connectivity index (χ3n) is 6.13. The third kappa shape index (κ3) is 4.68. The van der Waals surface area contributed by atoms with Crippen LogP contribution in [0.2, 0.25) is 5.02 Å². The minimum absolute atomic E-state index is 0.181. The number of piperidine rings is 1. The first-order valence-corrected chi connectivity index (χ1v) is 11.7. The molecule has 5 nitrogen and oxygen atoms in total. The first kappa shape index (κ1) is 22.4. The molecule has 0 aliphatic carbocycles. The highest BCUT2D eigenvalue weighted by Crippen LogP contribution is 2.32. The first-order chi connectivity index (χ1) is 15.3. The lowest BCUT2D eigenvalue weighted by Gasteiger charge is -2.32. The van der Waals surface area contributed by atoms with Gasteiger partial charge in [-0.3, -0.25) is 14.5 Å². The molecule has 2 aliphatic heterocycles. The molecule has 2 amide bonds. The number of nitrogens with one attached hydrogen (secondary N) is 1. The SMILES string of the molecule is CC(C)CN1C(=O)C(Nc2ccc(N3CCC(C)CC3)cc2)=C(c2ccc(Cl)cc2)C1=O. The van der Waals surface area contributed by atoms with Crippen molar-refractivity contribution in [3.05, 3.63) is 64.8 Å². The zero-order valence-electron chi connectivity index (χ0n) is 18.9. The molecular weight excluding hydrogens is 422 g/mol. The number of amides is 2. The second-order valence-electron chi connectivity index (χ2n) is 9.21. The van der Waals surface area contributed by atoms with Gasteiger partial charge in [-0.15, -0.1) is 0 Å². The Bertz CT molecular complexity index is 1020. The molecule has 0 saturated carbocycles. The second kappa shape index (κ2) is 9.37. The highest BCUT2D eigenvalue weighted by Gasteiger charge is 2.39. The van der Waals surface area contributed by atoms with E-state index in [2.05, 4.69) is 29.3 Å². The van der Waals surface area contributed by atoms with Gasteiger partial charge in [0.15, 0.2) is 0 Å². The van der Waals surface area contributed by atoms with E-state index in [0.29, 0.717) is 28.4 Å². The molecule has 1 saturated heterocycles. The van der Waals surface area contributed by atoms with Crippen molar-refractivity contribution in [2.45, 2.75) is 33.6 Å². The Kier molecular flexibility index (Phi) is 6.56. The summed E-state index contributed by atoms with van der Waals surface area (Å²) in [6.45, 7) is 8.81. The molecule has 1 N–H and O–H groups in total. The summed E-state index contributed by atoms with van der Waals surface area (Å²) >= 11 is 6.04. The highest BCUT2D eigenvalue weighted by molar-refractivity contribution is 6.36. The van der Waals surface area contributed by atoms with Gasteiger partial charge in [0.2, 0.25) is 0 Å². The Morgan fingerprint density at radius 2 is 1.59 bits per heavy atom. The smallest absolute Gasteiger partial charge is 0.278 e. The van der Waals surface area contributed by atoms with E-state index in [9.17, 15) is 9.59 Å². The summed E-state index contributed by atoms with van der Waals surface area (Å²) < 4.78 is 0. The number of anilines is 2. The third-order valence-corrected chi connectivity index (χ3v) is 6.39. The van der Waals surface area contributed by atoms with Crippen LogP contribution in [0.3, 0.4) is 0 Å². The van der Waals surface area contributed by atoms with Crippen molar-refractivity contribution >= 4 is 40.4 Å². The molecule has 2 aromatic carbocycles. The fourth-order valence-electron chi connectivity index (χ4n) is 4.27. The second-order valence-corrected chi connectivity index (χ2v) is 9.65. The first-order valence-electron chi connectivity index (χ1n) is 11.3. The van der Waals surface area contributed by atoms with Gasteiger partial charge in [0.25, 0.3) is 11.8 Å². The van der Waals surface area contributed by atoms with Crippen LogP contribution in [0.5, 0.6) is 0 Å². The van der Waals surface area contributed by atoms with Gasteiger partial charge in [0.05, 0.1) is 5.57 Å². The molecule has 0 radical (unpaired) electrons. The lowest BCUT2D eigenvalue weighted by molar-refractivity contribution is -0.137. The average molecular weight is 452 g/mol. The Morgan fingerprint density at radius 3 is 2.19 bits per heavy atom. The lowest BCUT2D eigenvalue weighted by atomic mass is 9.99. The highest BCUT2D eigenvalue weighted by atomic mass is 35.5. The van der Waals surface area contributed by atoms with Crippen molar-refractivity contribution in [1.82, 2.24) is 4.90 Å². The van der Waals surface area contributed by atoms with Gasteiger partial charge < -0.3 is 10.2 Å². The van der Waals surface area contributed by atoms with E-state index in [-0.39, 0.29) is 17.7 Å². The summed E-state index contributed by atoms with van der Waals surface area (Å²) in [5.74, 6) is 0.403. The van der Waals surface area contributed by atoms with Gasteiger partial charge in [-0.2, -0.15) is 0 Å². The monoisotopic (exact) mass is 451 g/mol. The molecule has 0 aromatic heterocycles. The zero-order chi connectivity index (χ0) is 22.8. The Hall–Kier alpha value is -2.79. The van der Waals surface area contributed by atoms with Crippen molar-refractivity contribution in [3.63, 3.8) is 0 Å². The van der Waals surface area contributed by atoms with Gasteiger partial charge >= 0.3 is 0 Å².